The lowest BCUT2D eigenvalue weighted by Gasteiger charge is -2.24. The SMILES string of the molecule is CC(C)N(Cc1cccc(Cl)c1)Cc1nc(-c2ccccn2)no1. The predicted octanol–water partition coefficient (Wildman–Crippen LogP) is 4.20. The van der Waals surface area contributed by atoms with Crippen molar-refractivity contribution < 1.29 is 4.52 Å². The van der Waals surface area contributed by atoms with E-state index in [2.05, 4.69) is 39.9 Å². The summed E-state index contributed by atoms with van der Waals surface area (Å²) in [6, 6.07) is 13.8. The smallest absolute Gasteiger partial charge is 0.241 e. The molecule has 0 saturated heterocycles. The van der Waals surface area contributed by atoms with Gasteiger partial charge in [0.1, 0.15) is 5.69 Å². The van der Waals surface area contributed by atoms with Crippen molar-refractivity contribution in [2.24, 2.45) is 0 Å². The van der Waals surface area contributed by atoms with Crippen LogP contribution in [0.5, 0.6) is 0 Å². The molecule has 0 fully saturated rings. The van der Waals surface area contributed by atoms with Gasteiger partial charge in [-0.1, -0.05) is 35.0 Å². The Labute approximate surface area is 146 Å². The minimum Gasteiger partial charge on any atom is -0.337 e. The average molecular weight is 343 g/mol. The second kappa shape index (κ2) is 7.55. The fraction of sp³-hybridized carbons (Fsp3) is 0.278. The zero-order valence-electron chi connectivity index (χ0n) is 13.7. The Kier molecular flexibility index (Phi) is 5.23. The van der Waals surface area contributed by atoms with Crippen LogP contribution in [0, 0.1) is 0 Å². The Morgan fingerprint density at radius 2 is 2.00 bits per heavy atom. The highest BCUT2D eigenvalue weighted by Crippen LogP contribution is 2.17. The molecule has 0 aliphatic carbocycles. The van der Waals surface area contributed by atoms with Crippen molar-refractivity contribution in [3.05, 3.63) is 65.1 Å². The Morgan fingerprint density at radius 1 is 1.12 bits per heavy atom. The second-order valence-corrected chi connectivity index (χ2v) is 6.29. The van der Waals surface area contributed by atoms with Crippen LogP contribution in [-0.2, 0) is 13.1 Å². The van der Waals surface area contributed by atoms with Crippen molar-refractivity contribution in [1.29, 1.82) is 0 Å². The van der Waals surface area contributed by atoms with Crippen molar-refractivity contribution in [3.8, 4) is 11.5 Å². The first-order valence-corrected chi connectivity index (χ1v) is 8.22. The van der Waals surface area contributed by atoms with Crippen molar-refractivity contribution in [2.45, 2.75) is 33.0 Å². The zero-order valence-corrected chi connectivity index (χ0v) is 14.4. The van der Waals surface area contributed by atoms with Crippen molar-refractivity contribution in [1.82, 2.24) is 20.0 Å². The van der Waals surface area contributed by atoms with E-state index in [-0.39, 0.29) is 0 Å². The maximum Gasteiger partial charge on any atom is 0.241 e. The minimum atomic E-state index is 0.328. The highest BCUT2D eigenvalue weighted by Gasteiger charge is 2.16. The maximum atomic E-state index is 6.07. The van der Waals surface area contributed by atoms with E-state index < -0.39 is 0 Å². The molecule has 0 radical (unpaired) electrons. The molecule has 0 aliphatic heterocycles. The van der Waals surface area contributed by atoms with Crippen molar-refractivity contribution in [2.75, 3.05) is 0 Å². The first kappa shape index (κ1) is 16.6. The molecule has 0 atom stereocenters. The number of rotatable bonds is 6. The molecule has 5 nitrogen and oxygen atoms in total. The summed E-state index contributed by atoms with van der Waals surface area (Å²) in [6.07, 6.45) is 1.71. The number of benzene rings is 1. The summed E-state index contributed by atoms with van der Waals surface area (Å²) in [5, 5.41) is 4.77. The number of hydrogen-bond donors (Lipinski definition) is 0. The van der Waals surface area contributed by atoms with Crippen LogP contribution in [0.1, 0.15) is 25.3 Å². The third kappa shape index (κ3) is 4.19. The molecule has 3 rings (SSSR count). The first-order valence-electron chi connectivity index (χ1n) is 7.84. The quantitative estimate of drug-likeness (QED) is 0.672. The molecule has 124 valence electrons. The van der Waals surface area contributed by atoms with Crippen LogP contribution in [0.15, 0.2) is 53.2 Å². The van der Waals surface area contributed by atoms with Crippen molar-refractivity contribution >= 4 is 11.6 Å². The standard InChI is InChI=1S/C18H19ClN4O/c1-13(2)23(11-14-6-5-7-15(19)10-14)12-17-21-18(22-24-17)16-8-3-4-9-20-16/h3-10,13H,11-12H2,1-2H3. The summed E-state index contributed by atoms with van der Waals surface area (Å²) >= 11 is 6.07. The zero-order chi connectivity index (χ0) is 16.9. The summed E-state index contributed by atoms with van der Waals surface area (Å²) in [4.78, 5) is 10.9. The monoisotopic (exact) mass is 342 g/mol. The Balaban J connectivity index is 1.73. The van der Waals surface area contributed by atoms with Gasteiger partial charge in [0, 0.05) is 23.8 Å². The molecule has 2 aromatic heterocycles. The molecule has 6 heteroatoms. The highest BCUT2D eigenvalue weighted by molar-refractivity contribution is 6.30. The van der Waals surface area contributed by atoms with E-state index in [9.17, 15) is 0 Å². The van der Waals surface area contributed by atoms with Gasteiger partial charge in [-0.3, -0.25) is 9.88 Å². The average Bonchev–Trinajstić information content (AvgIpc) is 3.04. The minimum absolute atomic E-state index is 0.328. The van der Waals surface area contributed by atoms with E-state index in [1.165, 1.54) is 0 Å². The molecule has 0 N–H and O–H groups in total. The molecular weight excluding hydrogens is 324 g/mol. The van der Waals surface area contributed by atoms with Gasteiger partial charge in [-0.2, -0.15) is 4.98 Å². The molecular formula is C18H19ClN4O. The first-order chi connectivity index (χ1) is 11.6. The lowest BCUT2D eigenvalue weighted by molar-refractivity contribution is 0.176. The maximum absolute atomic E-state index is 6.07. The third-order valence-corrected chi connectivity index (χ3v) is 3.94. The van der Waals surface area contributed by atoms with Crippen molar-refractivity contribution in [3.63, 3.8) is 0 Å². The molecule has 0 spiro atoms. The fourth-order valence-electron chi connectivity index (χ4n) is 2.38. The van der Waals surface area contributed by atoms with Crippen LogP contribution in [0.3, 0.4) is 0 Å². The lowest BCUT2D eigenvalue weighted by Crippen LogP contribution is -2.30. The van der Waals surface area contributed by atoms with Gasteiger partial charge in [0.15, 0.2) is 0 Å². The third-order valence-electron chi connectivity index (χ3n) is 3.71. The second-order valence-electron chi connectivity index (χ2n) is 5.86. The number of pyridine rings is 1. The number of aromatic nitrogens is 3. The van der Waals surface area contributed by atoms with E-state index in [0.717, 1.165) is 17.1 Å². The highest BCUT2D eigenvalue weighted by atomic mass is 35.5. The van der Waals surface area contributed by atoms with Gasteiger partial charge in [-0.15, -0.1) is 0 Å². The van der Waals surface area contributed by atoms with E-state index >= 15 is 0 Å². The fourth-order valence-corrected chi connectivity index (χ4v) is 2.60. The van der Waals surface area contributed by atoms with E-state index in [4.69, 9.17) is 16.1 Å². The van der Waals surface area contributed by atoms with Crippen LogP contribution in [0.25, 0.3) is 11.5 Å². The summed E-state index contributed by atoms with van der Waals surface area (Å²) in [7, 11) is 0. The van der Waals surface area contributed by atoms with E-state index in [0.29, 0.717) is 30.0 Å². The van der Waals surface area contributed by atoms with Gasteiger partial charge in [0.25, 0.3) is 0 Å². The van der Waals surface area contributed by atoms with Crippen LogP contribution >= 0.6 is 11.6 Å². The van der Waals surface area contributed by atoms with Gasteiger partial charge in [-0.05, 0) is 43.7 Å². The molecule has 24 heavy (non-hydrogen) atoms. The molecule has 0 unspecified atom stereocenters. The molecule has 0 amide bonds. The van der Waals surface area contributed by atoms with E-state index in [1.54, 1.807) is 6.20 Å². The van der Waals surface area contributed by atoms with Gasteiger partial charge < -0.3 is 4.52 Å². The van der Waals surface area contributed by atoms with E-state index in [1.807, 2.05) is 36.4 Å². The lowest BCUT2D eigenvalue weighted by atomic mass is 10.2. The molecule has 1 aromatic carbocycles. The Bertz CT molecular complexity index is 788. The number of hydrogen-bond acceptors (Lipinski definition) is 5. The van der Waals surface area contributed by atoms with Crippen LogP contribution in [0.2, 0.25) is 5.02 Å². The largest absolute Gasteiger partial charge is 0.337 e. The molecule has 0 bridgehead atoms. The molecule has 2 heterocycles. The van der Waals surface area contributed by atoms with Gasteiger partial charge in [0.05, 0.1) is 6.54 Å². The summed E-state index contributed by atoms with van der Waals surface area (Å²) < 4.78 is 5.39. The Hall–Kier alpha value is -2.24. The normalized spacial score (nSPS) is 11.4. The topological polar surface area (TPSA) is 55.1 Å². The van der Waals surface area contributed by atoms with Gasteiger partial charge in [0.2, 0.25) is 11.7 Å². The summed E-state index contributed by atoms with van der Waals surface area (Å²) in [5.74, 6) is 1.09. The van der Waals surface area contributed by atoms with Crippen LogP contribution in [-0.4, -0.2) is 26.1 Å². The summed E-state index contributed by atoms with van der Waals surface area (Å²) in [6.45, 7) is 5.62. The Morgan fingerprint density at radius 3 is 2.71 bits per heavy atom. The van der Waals surface area contributed by atoms with Crippen LogP contribution < -0.4 is 0 Å². The molecule has 3 aromatic rings. The molecule has 0 saturated carbocycles. The predicted molar refractivity (Wildman–Crippen MR) is 93.4 cm³/mol. The summed E-state index contributed by atoms with van der Waals surface area (Å²) in [5.41, 5.74) is 1.86. The van der Waals surface area contributed by atoms with Crippen LogP contribution in [0.4, 0.5) is 0 Å². The molecule has 0 aliphatic rings. The van der Waals surface area contributed by atoms with Gasteiger partial charge in [-0.25, -0.2) is 0 Å². The number of halogens is 1. The van der Waals surface area contributed by atoms with Gasteiger partial charge >= 0.3 is 0 Å². The number of nitrogens with zero attached hydrogens (tertiary/aromatic N) is 4.